The Morgan fingerprint density at radius 2 is 1.55 bits per heavy atom. The molecule has 29 heavy (non-hydrogen) atoms. The van der Waals surface area contributed by atoms with Crippen molar-refractivity contribution in [2.75, 3.05) is 0 Å². The number of amides is 1. The van der Waals surface area contributed by atoms with Crippen LogP contribution in [0.1, 0.15) is 11.1 Å². The lowest BCUT2D eigenvalue weighted by atomic mass is 9.99. The van der Waals surface area contributed by atoms with Crippen LogP contribution in [0.4, 0.5) is 0 Å². The maximum absolute atomic E-state index is 14.0. The number of sulfone groups is 1. The van der Waals surface area contributed by atoms with E-state index in [-0.39, 0.29) is 4.90 Å². The molecule has 0 saturated heterocycles. The van der Waals surface area contributed by atoms with Gasteiger partial charge in [0.2, 0.25) is 9.84 Å². The lowest BCUT2D eigenvalue weighted by molar-refractivity contribution is -0.121. The minimum Gasteiger partial charge on any atom is -0.366 e. The van der Waals surface area contributed by atoms with Gasteiger partial charge in [0, 0.05) is 5.56 Å². The van der Waals surface area contributed by atoms with Crippen LogP contribution in [0.3, 0.4) is 0 Å². The third kappa shape index (κ3) is 2.66. The van der Waals surface area contributed by atoms with Crippen molar-refractivity contribution in [3.05, 3.63) is 96.3 Å². The SMILES string of the molecule is Cc1ccccc1C(C(N)=O)(n1cnc2ccccc21)S(=O)(=O)c1ccccc1. The molecule has 4 rings (SSSR count). The molecule has 4 aromatic rings. The Morgan fingerprint density at radius 1 is 0.931 bits per heavy atom. The number of hydrogen-bond acceptors (Lipinski definition) is 4. The summed E-state index contributed by atoms with van der Waals surface area (Å²) in [5, 5.41) is 0. The molecule has 1 amide bonds. The van der Waals surface area contributed by atoms with Gasteiger partial charge in [-0.1, -0.05) is 54.6 Å². The van der Waals surface area contributed by atoms with Crippen LogP contribution in [0, 0.1) is 6.92 Å². The van der Waals surface area contributed by atoms with Crippen molar-refractivity contribution in [2.24, 2.45) is 5.73 Å². The highest BCUT2D eigenvalue weighted by molar-refractivity contribution is 7.93. The van der Waals surface area contributed by atoms with Gasteiger partial charge in [0.05, 0.1) is 22.3 Å². The Morgan fingerprint density at radius 3 is 2.24 bits per heavy atom. The maximum atomic E-state index is 14.0. The molecule has 6 nitrogen and oxygen atoms in total. The van der Waals surface area contributed by atoms with E-state index in [2.05, 4.69) is 4.98 Å². The second-order valence-corrected chi connectivity index (χ2v) is 8.81. The van der Waals surface area contributed by atoms with Gasteiger partial charge in [-0.2, -0.15) is 0 Å². The van der Waals surface area contributed by atoms with Gasteiger partial charge in [-0.05, 0) is 36.8 Å². The van der Waals surface area contributed by atoms with E-state index in [1.165, 1.54) is 23.0 Å². The second kappa shape index (κ2) is 6.86. The molecule has 146 valence electrons. The Bertz CT molecular complexity index is 1310. The molecule has 0 radical (unpaired) electrons. The lowest BCUT2D eigenvalue weighted by Crippen LogP contribution is -2.53. The Labute approximate surface area is 168 Å². The van der Waals surface area contributed by atoms with Crippen molar-refractivity contribution in [1.82, 2.24) is 9.55 Å². The van der Waals surface area contributed by atoms with E-state index in [4.69, 9.17) is 5.73 Å². The fourth-order valence-electron chi connectivity index (χ4n) is 3.72. The van der Waals surface area contributed by atoms with E-state index >= 15 is 0 Å². The van der Waals surface area contributed by atoms with Crippen molar-refractivity contribution in [1.29, 1.82) is 0 Å². The van der Waals surface area contributed by atoms with Gasteiger partial charge in [0.25, 0.3) is 10.8 Å². The summed E-state index contributed by atoms with van der Waals surface area (Å²) in [4.78, 5) is 15.3. The van der Waals surface area contributed by atoms with Gasteiger partial charge in [0.1, 0.15) is 0 Å². The van der Waals surface area contributed by atoms with Gasteiger partial charge in [-0.15, -0.1) is 0 Å². The van der Waals surface area contributed by atoms with Crippen LogP contribution in [0.15, 0.2) is 90.1 Å². The first-order valence-corrected chi connectivity index (χ1v) is 10.5. The summed E-state index contributed by atoms with van der Waals surface area (Å²) in [5.74, 6) is -1.00. The Hall–Kier alpha value is -3.45. The van der Waals surface area contributed by atoms with E-state index in [0.29, 0.717) is 22.2 Å². The summed E-state index contributed by atoms with van der Waals surface area (Å²) in [6.45, 7) is 1.76. The summed E-state index contributed by atoms with van der Waals surface area (Å²) >= 11 is 0. The molecule has 1 aromatic heterocycles. The van der Waals surface area contributed by atoms with Crippen molar-refractivity contribution < 1.29 is 13.2 Å². The molecule has 7 heteroatoms. The number of aromatic nitrogens is 2. The number of carbonyl (C=O) groups excluding carboxylic acids is 1. The number of para-hydroxylation sites is 2. The average molecular weight is 405 g/mol. The number of nitrogens with two attached hydrogens (primary N) is 1. The average Bonchev–Trinajstić information content (AvgIpc) is 3.14. The fourth-order valence-corrected chi connectivity index (χ4v) is 5.77. The molecule has 0 aliphatic heterocycles. The molecular weight excluding hydrogens is 386 g/mol. The number of benzene rings is 3. The molecule has 1 unspecified atom stereocenters. The number of rotatable bonds is 5. The number of nitrogens with zero attached hydrogens (tertiary/aromatic N) is 2. The molecular formula is C22H19N3O3S. The zero-order valence-electron chi connectivity index (χ0n) is 15.7. The standard InChI is InChI=1S/C22H19N3O3S/c1-16-9-5-6-12-18(16)22(21(23)26,29(27,28)17-10-3-2-4-11-17)25-15-24-19-13-7-8-14-20(19)25/h2-15H,1H3,(H2,23,26). The van der Waals surface area contributed by atoms with Crippen molar-refractivity contribution in [3.8, 4) is 0 Å². The molecule has 0 aliphatic rings. The van der Waals surface area contributed by atoms with E-state index in [1.807, 2.05) is 0 Å². The third-order valence-corrected chi connectivity index (χ3v) is 7.37. The summed E-state index contributed by atoms with van der Waals surface area (Å²) in [7, 11) is -4.30. The predicted octanol–water partition coefficient (Wildman–Crippen LogP) is 3.01. The topological polar surface area (TPSA) is 95.1 Å². The molecule has 0 bridgehead atoms. The Balaban J connectivity index is 2.21. The molecule has 2 N–H and O–H groups in total. The summed E-state index contributed by atoms with van der Waals surface area (Å²) in [5.41, 5.74) is 7.89. The van der Waals surface area contributed by atoms with E-state index < -0.39 is 20.6 Å². The normalized spacial score (nSPS) is 13.8. The molecule has 0 fully saturated rings. The largest absolute Gasteiger partial charge is 0.366 e. The lowest BCUT2D eigenvalue weighted by Gasteiger charge is -2.33. The first-order chi connectivity index (χ1) is 13.9. The van der Waals surface area contributed by atoms with Gasteiger partial charge in [-0.25, -0.2) is 13.4 Å². The minimum atomic E-state index is -4.30. The first kappa shape index (κ1) is 18.9. The monoisotopic (exact) mass is 405 g/mol. The Kier molecular flexibility index (Phi) is 4.47. The molecule has 0 spiro atoms. The van der Waals surface area contributed by atoms with Gasteiger partial charge in [-0.3, -0.25) is 9.36 Å². The van der Waals surface area contributed by atoms with Gasteiger partial charge < -0.3 is 5.73 Å². The van der Waals surface area contributed by atoms with Crippen molar-refractivity contribution in [3.63, 3.8) is 0 Å². The maximum Gasteiger partial charge on any atom is 0.264 e. The third-order valence-electron chi connectivity index (χ3n) is 5.08. The number of hydrogen-bond donors (Lipinski definition) is 1. The summed E-state index contributed by atoms with van der Waals surface area (Å²) in [6, 6.07) is 21.8. The van der Waals surface area contributed by atoms with Crippen LogP contribution in [0.25, 0.3) is 11.0 Å². The van der Waals surface area contributed by atoms with E-state index in [0.717, 1.165) is 0 Å². The van der Waals surface area contributed by atoms with Crippen LogP contribution in [0.2, 0.25) is 0 Å². The molecule has 3 aromatic carbocycles. The first-order valence-electron chi connectivity index (χ1n) is 8.99. The number of carbonyl (C=O) groups is 1. The van der Waals surface area contributed by atoms with Crippen LogP contribution >= 0.6 is 0 Å². The number of fused-ring (bicyclic) bond motifs is 1. The highest BCUT2D eigenvalue weighted by atomic mass is 32.2. The summed E-state index contributed by atoms with van der Waals surface area (Å²) < 4.78 is 29.5. The summed E-state index contributed by atoms with van der Waals surface area (Å²) in [6.07, 6.45) is 1.36. The molecule has 0 saturated carbocycles. The van der Waals surface area contributed by atoms with Crippen molar-refractivity contribution in [2.45, 2.75) is 16.7 Å². The fraction of sp³-hybridized carbons (Fsp3) is 0.0909. The zero-order valence-corrected chi connectivity index (χ0v) is 16.5. The number of imidazole rings is 1. The molecule has 1 atom stereocenters. The zero-order chi connectivity index (χ0) is 20.6. The number of aryl methyl sites for hydroxylation is 1. The highest BCUT2D eigenvalue weighted by Crippen LogP contribution is 2.40. The van der Waals surface area contributed by atoms with Crippen LogP contribution < -0.4 is 5.73 Å². The van der Waals surface area contributed by atoms with E-state index in [9.17, 15) is 13.2 Å². The predicted molar refractivity (Wildman–Crippen MR) is 111 cm³/mol. The van der Waals surface area contributed by atoms with Crippen molar-refractivity contribution >= 4 is 26.8 Å². The number of primary amides is 1. The van der Waals surface area contributed by atoms with Gasteiger partial charge in [0.15, 0.2) is 0 Å². The van der Waals surface area contributed by atoms with Crippen LogP contribution in [0.5, 0.6) is 0 Å². The van der Waals surface area contributed by atoms with Crippen LogP contribution in [-0.4, -0.2) is 23.9 Å². The molecule has 0 aliphatic carbocycles. The van der Waals surface area contributed by atoms with E-state index in [1.54, 1.807) is 73.7 Å². The highest BCUT2D eigenvalue weighted by Gasteiger charge is 2.55. The smallest absolute Gasteiger partial charge is 0.264 e. The second-order valence-electron chi connectivity index (χ2n) is 6.74. The molecule has 1 heterocycles. The quantitative estimate of drug-likeness (QED) is 0.552. The van der Waals surface area contributed by atoms with Gasteiger partial charge >= 0.3 is 0 Å². The van der Waals surface area contributed by atoms with Crippen LogP contribution in [-0.2, 0) is 19.5 Å². The minimum absolute atomic E-state index is 0.000154.